The van der Waals surface area contributed by atoms with Crippen molar-refractivity contribution in [1.29, 1.82) is 0 Å². The molecule has 19 heavy (non-hydrogen) atoms. The molecule has 1 saturated heterocycles. The van der Waals surface area contributed by atoms with E-state index in [1.807, 2.05) is 0 Å². The predicted molar refractivity (Wildman–Crippen MR) is 71.6 cm³/mol. The number of ether oxygens (including phenoxy) is 1. The molecule has 1 atom stereocenters. The van der Waals surface area contributed by atoms with Crippen molar-refractivity contribution in [3.05, 3.63) is 17.5 Å². The van der Waals surface area contributed by atoms with Gasteiger partial charge in [0.05, 0.1) is 18.8 Å². The van der Waals surface area contributed by atoms with Crippen LogP contribution in [0.25, 0.3) is 0 Å². The van der Waals surface area contributed by atoms with E-state index in [9.17, 15) is 0 Å². The highest BCUT2D eigenvalue weighted by Crippen LogP contribution is 2.20. The molecule has 1 aliphatic carbocycles. The maximum Gasteiger partial charge on any atom is 0.151 e. The Morgan fingerprint density at radius 3 is 3.16 bits per heavy atom. The summed E-state index contributed by atoms with van der Waals surface area (Å²) in [6, 6.07) is 2.80. The van der Waals surface area contributed by atoms with Crippen molar-refractivity contribution in [2.75, 3.05) is 26.8 Å². The number of likely N-dealkylation sites (tertiary alicyclic amines) is 1. The average molecular weight is 265 g/mol. The molecule has 1 saturated carbocycles. The quantitative estimate of drug-likeness (QED) is 0.807. The first-order valence-corrected chi connectivity index (χ1v) is 7.22. The van der Waals surface area contributed by atoms with Gasteiger partial charge in [-0.05, 0) is 31.7 Å². The van der Waals surface area contributed by atoms with Crippen LogP contribution in [0.15, 0.2) is 10.6 Å². The second-order valence-corrected chi connectivity index (χ2v) is 5.78. The van der Waals surface area contributed by atoms with E-state index < -0.39 is 0 Å². The van der Waals surface area contributed by atoms with Crippen molar-refractivity contribution in [2.45, 2.75) is 38.4 Å². The molecular formula is C14H23N3O2. The summed E-state index contributed by atoms with van der Waals surface area (Å²) < 4.78 is 10.6. The summed E-state index contributed by atoms with van der Waals surface area (Å²) in [5.74, 6) is 1.65. The van der Waals surface area contributed by atoms with Crippen LogP contribution in [0.1, 0.15) is 30.7 Å². The predicted octanol–water partition coefficient (Wildman–Crippen LogP) is 1.39. The molecule has 0 aromatic carbocycles. The van der Waals surface area contributed by atoms with E-state index in [1.165, 1.54) is 19.3 Å². The van der Waals surface area contributed by atoms with Crippen molar-refractivity contribution in [1.82, 2.24) is 15.4 Å². The number of rotatable bonds is 7. The van der Waals surface area contributed by atoms with Crippen LogP contribution in [0.5, 0.6) is 0 Å². The maximum atomic E-state index is 5.41. The summed E-state index contributed by atoms with van der Waals surface area (Å²) in [5.41, 5.74) is 1.02. The third kappa shape index (κ3) is 3.78. The lowest BCUT2D eigenvalue weighted by Crippen LogP contribution is -2.21. The summed E-state index contributed by atoms with van der Waals surface area (Å²) >= 11 is 0. The van der Waals surface area contributed by atoms with Crippen molar-refractivity contribution in [3.63, 3.8) is 0 Å². The van der Waals surface area contributed by atoms with Gasteiger partial charge in [-0.15, -0.1) is 0 Å². The fourth-order valence-electron chi connectivity index (χ4n) is 2.70. The van der Waals surface area contributed by atoms with E-state index in [0.29, 0.717) is 12.0 Å². The van der Waals surface area contributed by atoms with Gasteiger partial charge in [-0.3, -0.25) is 4.90 Å². The molecule has 1 unspecified atom stereocenters. The Bertz CT molecular complexity index is 403. The van der Waals surface area contributed by atoms with Gasteiger partial charge in [-0.2, -0.15) is 0 Å². The van der Waals surface area contributed by atoms with E-state index >= 15 is 0 Å². The van der Waals surface area contributed by atoms with E-state index in [4.69, 9.17) is 9.26 Å². The largest absolute Gasteiger partial charge is 0.384 e. The molecule has 2 heterocycles. The number of hydrogen-bond donors (Lipinski definition) is 1. The van der Waals surface area contributed by atoms with Crippen LogP contribution in [0.3, 0.4) is 0 Å². The Labute approximate surface area is 114 Å². The van der Waals surface area contributed by atoms with Gasteiger partial charge in [0.15, 0.2) is 5.76 Å². The summed E-state index contributed by atoms with van der Waals surface area (Å²) in [7, 11) is 1.78. The van der Waals surface area contributed by atoms with Crippen LogP contribution in [0.2, 0.25) is 0 Å². The molecular weight excluding hydrogens is 242 g/mol. The summed E-state index contributed by atoms with van der Waals surface area (Å²) in [6.07, 6.45) is 3.83. The molecule has 5 heteroatoms. The molecule has 3 rings (SSSR count). The topological polar surface area (TPSA) is 50.5 Å². The van der Waals surface area contributed by atoms with Crippen molar-refractivity contribution >= 4 is 0 Å². The Kier molecular flexibility index (Phi) is 4.15. The summed E-state index contributed by atoms with van der Waals surface area (Å²) in [4.78, 5) is 2.42. The zero-order valence-corrected chi connectivity index (χ0v) is 11.6. The highest BCUT2D eigenvalue weighted by molar-refractivity contribution is 5.06. The van der Waals surface area contributed by atoms with Gasteiger partial charge in [-0.25, -0.2) is 0 Å². The number of nitrogens with one attached hydrogen (secondary N) is 1. The first kappa shape index (κ1) is 13.1. The zero-order chi connectivity index (χ0) is 13.1. The Morgan fingerprint density at radius 1 is 1.47 bits per heavy atom. The third-order valence-electron chi connectivity index (χ3n) is 3.91. The molecule has 1 aliphatic heterocycles. The third-order valence-corrected chi connectivity index (χ3v) is 3.91. The van der Waals surface area contributed by atoms with E-state index in [2.05, 4.69) is 21.4 Å². The van der Waals surface area contributed by atoms with Gasteiger partial charge in [0.2, 0.25) is 0 Å². The fourth-order valence-corrected chi connectivity index (χ4v) is 2.70. The fraction of sp³-hybridized carbons (Fsp3) is 0.786. The SMILES string of the molecule is COCC1CCN(Cc2cc(CNC3CC3)no2)C1. The second kappa shape index (κ2) is 6.03. The standard InChI is InChI=1S/C14H23N3O2/c1-18-10-11-4-5-17(8-11)9-14-6-13(16-19-14)7-15-12-2-3-12/h6,11-12,15H,2-5,7-10H2,1H3. The highest BCUT2D eigenvalue weighted by atomic mass is 16.5. The number of aromatic nitrogens is 1. The van der Waals surface area contributed by atoms with E-state index in [1.54, 1.807) is 7.11 Å². The molecule has 0 amide bonds. The molecule has 5 nitrogen and oxygen atoms in total. The van der Waals surface area contributed by atoms with Crippen molar-refractivity contribution < 1.29 is 9.26 Å². The van der Waals surface area contributed by atoms with Crippen LogP contribution in [-0.2, 0) is 17.8 Å². The summed E-state index contributed by atoms with van der Waals surface area (Å²) in [5, 5.41) is 7.58. The zero-order valence-electron chi connectivity index (χ0n) is 11.6. The minimum Gasteiger partial charge on any atom is -0.384 e. The highest BCUT2D eigenvalue weighted by Gasteiger charge is 2.24. The molecule has 2 fully saturated rings. The molecule has 1 aromatic rings. The smallest absolute Gasteiger partial charge is 0.151 e. The maximum absolute atomic E-state index is 5.41. The molecule has 1 N–H and O–H groups in total. The van der Waals surface area contributed by atoms with Crippen molar-refractivity contribution in [2.24, 2.45) is 5.92 Å². The van der Waals surface area contributed by atoms with Gasteiger partial charge in [-0.1, -0.05) is 5.16 Å². The number of nitrogens with zero attached hydrogens (tertiary/aromatic N) is 2. The number of hydrogen-bond acceptors (Lipinski definition) is 5. The molecule has 2 aliphatic rings. The van der Waals surface area contributed by atoms with Crippen molar-refractivity contribution in [3.8, 4) is 0 Å². The van der Waals surface area contributed by atoms with Crippen LogP contribution in [0, 0.1) is 5.92 Å². The lowest BCUT2D eigenvalue weighted by atomic mass is 10.1. The van der Waals surface area contributed by atoms with Gasteiger partial charge in [0.25, 0.3) is 0 Å². The molecule has 106 valence electrons. The van der Waals surface area contributed by atoms with Gasteiger partial charge in [0, 0.05) is 32.3 Å². The lowest BCUT2D eigenvalue weighted by molar-refractivity contribution is 0.151. The molecule has 0 bridgehead atoms. The monoisotopic (exact) mass is 265 g/mol. The normalized spacial score (nSPS) is 24.2. The van der Waals surface area contributed by atoms with E-state index in [0.717, 1.165) is 44.2 Å². The molecule has 1 aromatic heterocycles. The second-order valence-electron chi connectivity index (χ2n) is 5.78. The Morgan fingerprint density at radius 2 is 2.37 bits per heavy atom. The minimum absolute atomic E-state index is 0.670. The average Bonchev–Trinajstić information content (AvgIpc) is 2.97. The van der Waals surface area contributed by atoms with Gasteiger partial charge in [0.1, 0.15) is 0 Å². The van der Waals surface area contributed by atoms with Gasteiger partial charge >= 0.3 is 0 Å². The molecule has 0 spiro atoms. The van der Waals surface area contributed by atoms with Crippen LogP contribution >= 0.6 is 0 Å². The van der Waals surface area contributed by atoms with Gasteiger partial charge < -0.3 is 14.6 Å². The molecule has 0 radical (unpaired) electrons. The lowest BCUT2D eigenvalue weighted by Gasteiger charge is -2.13. The summed E-state index contributed by atoms with van der Waals surface area (Å²) in [6.45, 7) is 4.80. The first-order valence-electron chi connectivity index (χ1n) is 7.22. The first-order chi connectivity index (χ1) is 9.33. The van der Waals surface area contributed by atoms with Crippen LogP contribution in [-0.4, -0.2) is 42.9 Å². The van der Waals surface area contributed by atoms with Crippen LogP contribution < -0.4 is 5.32 Å². The number of methoxy groups -OCH3 is 1. The Hall–Kier alpha value is -0.910. The Balaban J connectivity index is 1.44. The van der Waals surface area contributed by atoms with Crippen LogP contribution in [0.4, 0.5) is 0 Å². The minimum atomic E-state index is 0.670. The van der Waals surface area contributed by atoms with E-state index in [-0.39, 0.29) is 0 Å².